The molecular weight excluding hydrogens is 266 g/mol. The lowest BCUT2D eigenvalue weighted by Crippen LogP contribution is -2.52. The number of ether oxygens (including phenoxy) is 2. The molecular formula is C16H19N3O2. The summed E-state index contributed by atoms with van der Waals surface area (Å²) in [4.78, 5) is 6.99. The second kappa shape index (κ2) is 5.16. The van der Waals surface area contributed by atoms with Crippen LogP contribution in [0.25, 0.3) is 0 Å². The van der Waals surface area contributed by atoms with Crippen LogP contribution in [0, 0.1) is 0 Å². The fourth-order valence-corrected chi connectivity index (χ4v) is 3.14. The Morgan fingerprint density at radius 3 is 2.71 bits per heavy atom. The summed E-state index contributed by atoms with van der Waals surface area (Å²) in [5.74, 6) is 2.04. The Hall–Kier alpha value is -1.85. The average molecular weight is 285 g/mol. The first-order valence-corrected chi connectivity index (χ1v) is 7.32. The van der Waals surface area contributed by atoms with Gasteiger partial charge in [0.05, 0.1) is 39.0 Å². The molecule has 2 aliphatic heterocycles. The van der Waals surface area contributed by atoms with Gasteiger partial charge in [0.15, 0.2) is 0 Å². The fraction of sp³-hybridized carbons (Fsp3) is 0.438. The zero-order chi connectivity index (χ0) is 14.2. The van der Waals surface area contributed by atoms with Crippen molar-refractivity contribution >= 4 is 0 Å². The van der Waals surface area contributed by atoms with Crippen LogP contribution in [-0.4, -0.2) is 40.8 Å². The summed E-state index contributed by atoms with van der Waals surface area (Å²) in [7, 11) is 1.70. The van der Waals surface area contributed by atoms with Crippen molar-refractivity contribution in [3.8, 4) is 5.75 Å². The molecule has 1 saturated heterocycles. The molecule has 2 aliphatic rings. The summed E-state index contributed by atoms with van der Waals surface area (Å²) in [6, 6.07) is 9.27. The average Bonchev–Trinajstić information content (AvgIpc) is 2.92. The third kappa shape index (κ3) is 2.22. The summed E-state index contributed by atoms with van der Waals surface area (Å²) < 4.78 is 12.9. The van der Waals surface area contributed by atoms with E-state index in [-0.39, 0.29) is 0 Å². The van der Waals surface area contributed by atoms with E-state index in [1.807, 2.05) is 18.3 Å². The largest absolute Gasteiger partial charge is 0.497 e. The molecule has 1 atom stereocenters. The third-order valence-corrected chi connectivity index (χ3v) is 4.49. The van der Waals surface area contributed by atoms with Crippen LogP contribution in [0.2, 0.25) is 0 Å². The van der Waals surface area contributed by atoms with E-state index in [1.54, 1.807) is 7.11 Å². The van der Waals surface area contributed by atoms with Crippen LogP contribution in [-0.2, 0) is 17.8 Å². The Bertz CT molecular complexity index is 619. The minimum absolute atomic E-state index is 0.367. The highest BCUT2D eigenvalue weighted by molar-refractivity contribution is 5.30. The van der Waals surface area contributed by atoms with Crippen molar-refractivity contribution < 1.29 is 9.47 Å². The molecule has 1 aromatic carbocycles. The number of rotatable bonds is 3. The van der Waals surface area contributed by atoms with Crippen molar-refractivity contribution in [2.24, 2.45) is 0 Å². The lowest BCUT2D eigenvalue weighted by molar-refractivity contribution is -0.0924. The number of aromatic nitrogens is 2. The maximum Gasteiger partial charge on any atom is 0.122 e. The van der Waals surface area contributed by atoms with Gasteiger partial charge in [0.1, 0.15) is 11.6 Å². The molecule has 21 heavy (non-hydrogen) atoms. The molecule has 0 N–H and O–H groups in total. The third-order valence-electron chi connectivity index (χ3n) is 4.49. The molecule has 4 rings (SSSR count). The van der Waals surface area contributed by atoms with Crippen LogP contribution in [0.1, 0.15) is 17.4 Å². The van der Waals surface area contributed by atoms with E-state index in [2.05, 4.69) is 32.8 Å². The molecule has 5 nitrogen and oxygen atoms in total. The Labute approximate surface area is 124 Å². The zero-order valence-corrected chi connectivity index (χ0v) is 12.1. The van der Waals surface area contributed by atoms with Crippen molar-refractivity contribution in [3.63, 3.8) is 0 Å². The van der Waals surface area contributed by atoms with Crippen LogP contribution < -0.4 is 4.74 Å². The quantitative estimate of drug-likeness (QED) is 0.863. The summed E-state index contributed by atoms with van der Waals surface area (Å²) in [6.07, 6.45) is 3.96. The first-order chi connectivity index (χ1) is 10.3. The highest BCUT2D eigenvalue weighted by Gasteiger charge is 2.36. The topological polar surface area (TPSA) is 39.5 Å². The van der Waals surface area contributed by atoms with Gasteiger partial charge in [-0.25, -0.2) is 4.98 Å². The minimum Gasteiger partial charge on any atom is -0.497 e. The van der Waals surface area contributed by atoms with E-state index in [1.165, 1.54) is 5.56 Å². The van der Waals surface area contributed by atoms with Gasteiger partial charge in [-0.2, -0.15) is 0 Å². The van der Waals surface area contributed by atoms with E-state index in [9.17, 15) is 0 Å². The molecule has 110 valence electrons. The minimum atomic E-state index is 0.367. The lowest BCUT2D eigenvalue weighted by Gasteiger charge is -2.44. The molecule has 3 heterocycles. The fourth-order valence-electron chi connectivity index (χ4n) is 3.14. The SMILES string of the molecule is COc1ccc(C2Cn3ccnc3CN2C2COC2)cc1. The number of imidazole rings is 1. The normalized spacial score (nSPS) is 22.6. The first-order valence-electron chi connectivity index (χ1n) is 7.32. The van der Waals surface area contributed by atoms with Gasteiger partial charge in [-0.1, -0.05) is 12.1 Å². The molecule has 0 radical (unpaired) electrons. The Morgan fingerprint density at radius 1 is 1.24 bits per heavy atom. The number of fused-ring (bicyclic) bond motifs is 1. The van der Waals surface area contributed by atoms with Gasteiger partial charge in [0.25, 0.3) is 0 Å². The number of nitrogens with zero attached hydrogens (tertiary/aromatic N) is 3. The van der Waals surface area contributed by atoms with E-state index in [4.69, 9.17) is 9.47 Å². The molecule has 1 aromatic heterocycles. The van der Waals surface area contributed by atoms with Gasteiger partial charge in [-0.3, -0.25) is 4.90 Å². The molecule has 0 spiro atoms. The predicted molar refractivity (Wildman–Crippen MR) is 78.1 cm³/mol. The van der Waals surface area contributed by atoms with Crippen molar-refractivity contribution in [2.75, 3.05) is 20.3 Å². The molecule has 2 aromatic rings. The van der Waals surface area contributed by atoms with Crippen molar-refractivity contribution in [1.82, 2.24) is 14.5 Å². The number of hydrogen-bond donors (Lipinski definition) is 0. The van der Waals surface area contributed by atoms with E-state index in [0.717, 1.165) is 37.9 Å². The molecule has 0 saturated carbocycles. The highest BCUT2D eigenvalue weighted by Crippen LogP contribution is 2.33. The van der Waals surface area contributed by atoms with E-state index in [0.29, 0.717) is 12.1 Å². The van der Waals surface area contributed by atoms with E-state index >= 15 is 0 Å². The van der Waals surface area contributed by atoms with Crippen LogP contribution >= 0.6 is 0 Å². The summed E-state index contributed by atoms with van der Waals surface area (Å²) in [6.45, 7) is 3.48. The number of hydrogen-bond acceptors (Lipinski definition) is 4. The smallest absolute Gasteiger partial charge is 0.122 e. The van der Waals surface area contributed by atoms with Crippen molar-refractivity contribution in [1.29, 1.82) is 0 Å². The molecule has 0 amide bonds. The molecule has 1 unspecified atom stereocenters. The maximum absolute atomic E-state index is 5.39. The number of methoxy groups -OCH3 is 1. The van der Waals surface area contributed by atoms with Crippen LogP contribution in [0.15, 0.2) is 36.7 Å². The van der Waals surface area contributed by atoms with Crippen LogP contribution in [0.5, 0.6) is 5.75 Å². The summed E-state index contributed by atoms with van der Waals surface area (Å²) in [5, 5.41) is 0. The van der Waals surface area contributed by atoms with Gasteiger partial charge in [0.2, 0.25) is 0 Å². The zero-order valence-electron chi connectivity index (χ0n) is 12.1. The monoisotopic (exact) mass is 285 g/mol. The van der Waals surface area contributed by atoms with Gasteiger partial charge in [-0.05, 0) is 17.7 Å². The van der Waals surface area contributed by atoms with Gasteiger partial charge < -0.3 is 14.0 Å². The summed E-state index contributed by atoms with van der Waals surface area (Å²) in [5.41, 5.74) is 1.32. The molecule has 0 bridgehead atoms. The second-order valence-electron chi connectivity index (χ2n) is 5.65. The second-order valence-corrected chi connectivity index (χ2v) is 5.65. The van der Waals surface area contributed by atoms with Gasteiger partial charge in [0, 0.05) is 18.9 Å². The van der Waals surface area contributed by atoms with Crippen molar-refractivity contribution in [2.45, 2.75) is 25.2 Å². The van der Waals surface area contributed by atoms with Crippen LogP contribution in [0.4, 0.5) is 0 Å². The molecule has 0 aliphatic carbocycles. The predicted octanol–water partition coefficient (Wildman–Crippen LogP) is 1.85. The van der Waals surface area contributed by atoms with Gasteiger partial charge in [-0.15, -0.1) is 0 Å². The van der Waals surface area contributed by atoms with Gasteiger partial charge >= 0.3 is 0 Å². The Morgan fingerprint density at radius 2 is 2.05 bits per heavy atom. The molecule has 1 fully saturated rings. The summed E-state index contributed by atoms with van der Waals surface area (Å²) >= 11 is 0. The van der Waals surface area contributed by atoms with E-state index < -0.39 is 0 Å². The molecule has 5 heteroatoms. The Kier molecular flexibility index (Phi) is 3.16. The standard InChI is InChI=1S/C16H19N3O2/c1-20-14-4-2-12(3-5-14)15-8-18-7-6-17-16(18)9-19(15)13-10-21-11-13/h2-7,13,15H,8-11H2,1H3. The highest BCUT2D eigenvalue weighted by atomic mass is 16.5. The number of benzene rings is 1. The Balaban J connectivity index is 1.66. The maximum atomic E-state index is 5.39. The lowest BCUT2D eigenvalue weighted by atomic mass is 10.00. The van der Waals surface area contributed by atoms with Crippen LogP contribution in [0.3, 0.4) is 0 Å². The van der Waals surface area contributed by atoms with Crippen molar-refractivity contribution in [3.05, 3.63) is 48.0 Å². The first kappa shape index (κ1) is 12.9.